The van der Waals surface area contributed by atoms with Crippen LogP contribution >= 0.6 is 11.8 Å². The van der Waals surface area contributed by atoms with Crippen molar-refractivity contribution in [1.29, 1.82) is 0 Å². The number of pyridine rings is 1. The number of hydrogen-bond donors (Lipinski definition) is 2. The van der Waals surface area contributed by atoms with E-state index in [-0.39, 0.29) is 11.7 Å². The monoisotopic (exact) mass is 354 g/mol. The maximum absolute atomic E-state index is 12.2. The van der Waals surface area contributed by atoms with Gasteiger partial charge in [-0.25, -0.2) is 4.68 Å². The molecule has 1 aromatic carbocycles. The third kappa shape index (κ3) is 3.97. The summed E-state index contributed by atoms with van der Waals surface area (Å²) in [6.45, 7) is 2.05. The molecule has 25 heavy (non-hydrogen) atoms. The SMILES string of the molecule is CCc1ccccc1NC(=O)CSc1nnc(-c2ccncc2)n1N. The highest BCUT2D eigenvalue weighted by Gasteiger charge is 2.14. The van der Waals surface area contributed by atoms with Crippen LogP contribution in [0.2, 0.25) is 0 Å². The van der Waals surface area contributed by atoms with Gasteiger partial charge in [-0.15, -0.1) is 10.2 Å². The van der Waals surface area contributed by atoms with Gasteiger partial charge in [0, 0.05) is 23.6 Å². The first-order chi connectivity index (χ1) is 12.2. The van der Waals surface area contributed by atoms with Crippen molar-refractivity contribution >= 4 is 23.4 Å². The fourth-order valence-electron chi connectivity index (χ4n) is 2.34. The van der Waals surface area contributed by atoms with E-state index in [4.69, 9.17) is 5.84 Å². The Balaban J connectivity index is 1.64. The van der Waals surface area contributed by atoms with Gasteiger partial charge >= 0.3 is 0 Å². The van der Waals surface area contributed by atoms with Crippen LogP contribution < -0.4 is 11.2 Å². The number of hydrogen-bond acceptors (Lipinski definition) is 6. The molecule has 3 rings (SSSR count). The summed E-state index contributed by atoms with van der Waals surface area (Å²) in [5, 5.41) is 11.5. The fraction of sp³-hybridized carbons (Fsp3) is 0.176. The van der Waals surface area contributed by atoms with Crippen molar-refractivity contribution in [1.82, 2.24) is 19.9 Å². The van der Waals surface area contributed by atoms with Crippen LogP contribution in [0.3, 0.4) is 0 Å². The van der Waals surface area contributed by atoms with E-state index in [2.05, 4.69) is 27.4 Å². The number of anilines is 1. The number of carbonyl (C=O) groups is 1. The third-order valence-corrected chi connectivity index (χ3v) is 4.55. The van der Waals surface area contributed by atoms with Crippen molar-refractivity contribution in [2.75, 3.05) is 16.9 Å². The van der Waals surface area contributed by atoms with Gasteiger partial charge in [-0.05, 0) is 30.2 Å². The predicted octanol–water partition coefficient (Wildman–Crippen LogP) is 2.35. The Morgan fingerprint density at radius 1 is 1.20 bits per heavy atom. The van der Waals surface area contributed by atoms with Crippen LogP contribution in [0.4, 0.5) is 5.69 Å². The number of aryl methyl sites for hydroxylation is 1. The van der Waals surface area contributed by atoms with E-state index in [1.54, 1.807) is 24.5 Å². The van der Waals surface area contributed by atoms with Crippen molar-refractivity contribution in [3.63, 3.8) is 0 Å². The number of carbonyl (C=O) groups excluding carboxylic acids is 1. The molecule has 0 saturated carbocycles. The lowest BCUT2D eigenvalue weighted by atomic mass is 10.1. The molecular formula is C17H18N6OS. The number of rotatable bonds is 6. The molecule has 0 aliphatic carbocycles. The second-order valence-corrected chi connectivity index (χ2v) is 6.20. The van der Waals surface area contributed by atoms with Crippen LogP contribution in [-0.4, -0.2) is 31.5 Å². The molecule has 0 fully saturated rings. The molecule has 8 heteroatoms. The van der Waals surface area contributed by atoms with Gasteiger partial charge in [0.05, 0.1) is 5.75 Å². The molecule has 0 bridgehead atoms. The molecule has 0 spiro atoms. The van der Waals surface area contributed by atoms with Crippen LogP contribution in [0.25, 0.3) is 11.4 Å². The highest BCUT2D eigenvalue weighted by Crippen LogP contribution is 2.21. The number of para-hydroxylation sites is 1. The molecule has 0 aliphatic heterocycles. The molecular weight excluding hydrogens is 336 g/mol. The normalized spacial score (nSPS) is 10.6. The topological polar surface area (TPSA) is 98.7 Å². The molecule has 3 N–H and O–H groups in total. The number of nitrogens with zero attached hydrogens (tertiary/aromatic N) is 4. The van der Waals surface area contributed by atoms with E-state index in [0.29, 0.717) is 11.0 Å². The second kappa shape index (κ2) is 7.80. The summed E-state index contributed by atoms with van der Waals surface area (Å²) in [5.41, 5.74) is 2.75. The highest BCUT2D eigenvalue weighted by molar-refractivity contribution is 7.99. The molecule has 0 radical (unpaired) electrons. The Hall–Kier alpha value is -2.87. The van der Waals surface area contributed by atoms with Gasteiger partial charge < -0.3 is 11.2 Å². The van der Waals surface area contributed by atoms with E-state index >= 15 is 0 Å². The summed E-state index contributed by atoms with van der Waals surface area (Å²) < 4.78 is 1.38. The van der Waals surface area contributed by atoms with E-state index in [0.717, 1.165) is 23.2 Å². The number of amides is 1. The number of nitrogens with one attached hydrogen (secondary N) is 1. The minimum absolute atomic E-state index is 0.112. The zero-order valence-corrected chi connectivity index (χ0v) is 14.5. The molecule has 2 heterocycles. The van der Waals surface area contributed by atoms with E-state index in [1.807, 2.05) is 24.3 Å². The highest BCUT2D eigenvalue weighted by atomic mass is 32.2. The number of aromatic nitrogens is 4. The number of benzene rings is 1. The van der Waals surface area contributed by atoms with Crippen molar-refractivity contribution in [3.05, 3.63) is 54.4 Å². The average molecular weight is 354 g/mol. The quantitative estimate of drug-likeness (QED) is 0.521. The summed E-state index contributed by atoms with van der Waals surface area (Å²) in [5.74, 6) is 6.65. The third-order valence-electron chi connectivity index (χ3n) is 3.61. The van der Waals surface area contributed by atoms with E-state index < -0.39 is 0 Å². The first-order valence-electron chi connectivity index (χ1n) is 7.80. The van der Waals surface area contributed by atoms with Crippen molar-refractivity contribution in [2.45, 2.75) is 18.5 Å². The van der Waals surface area contributed by atoms with Crippen LogP contribution in [0.1, 0.15) is 12.5 Å². The first kappa shape index (κ1) is 17.0. The number of nitrogen functional groups attached to an aromatic ring is 1. The van der Waals surface area contributed by atoms with Crippen LogP contribution in [0, 0.1) is 0 Å². The van der Waals surface area contributed by atoms with Gasteiger partial charge in [-0.1, -0.05) is 36.9 Å². The number of nitrogens with two attached hydrogens (primary N) is 1. The minimum Gasteiger partial charge on any atom is -0.335 e. The van der Waals surface area contributed by atoms with E-state index in [1.165, 1.54) is 16.4 Å². The summed E-state index contributed by atoms with van der Waals surface area (Å²) >= 11 is 1.24. The van der Waals surface area contributed by atoms with Crippen molar-refractivity contribution in [3.8, 4) is 11.4 Å². The summed E-state index contributed by atoms with van der Waals surface area (Å²) in [4.78, 5) is 16.2. The standard InChI is InChI=1S/C17H18N6OS/c1-2-12-5-3-4-6-14(12)20-15(24)11-25-17-22-21-16(23(17)18)13-7-9-19-10-8-13/h3-10H,2,11,18H2,1H3,(H,20,24). The molecule has 2 aromatic heterocycles. The van der Waals surface area contributed by atoms with Crippen LogP contribution in [0.15, 0.2) is 53.9 Å². The van der Waals surface area contributed by atoms with Gasteiger partial charge in [0.25, 0.3) is 0 Å². The second-order valence-electron chi connectivity index (χ2n) is 5.26. The number of thioether (sulfide) groups is 1. The maximum Gasteiger partial charge on any atom is 0.234 e. The summed E-state index contributed by atoms with van der Waals surface area (Å²) in [6.07, 6.45) is 4.18. The molecule has 0 saturated heterocycles. The smallest absolute Gasteiger partial charge is 0.234 e. The lowest BCUT2D eigenvalue weighted by Gasteiger charge is -2.09. The van der Waals surface area contributed by atoms with Gasteiger partial charge in [-0.3, -0.25) is 9.78 Å². The summed E-state index contributed by atoms with van der Waals surface area (Å²) in [7, 11) is 0. The molecule has 128 valence electrons. The Morgan fingerprint density at radius 2 is 1.96 bits per heavy atom. The minimum atomic E-state index is -0.112. The Labute approximate surface area is 149 Å². The predicted molar refractivity (Wildman–Crippen MR) is 98.6 cm³/mol. The first-order valence-corrected chi connectivity index (χ1v) is 8.79. The molecule has 0 atom stereocenters. The van der Waals surface area contributed by atoms with E-state index in [9.17, 15) is 4.79 Å². The Kier molecular flexibility index (Phi) is 5.30. The molecule has 3 aromatic rings. The van der Waals surface area contributed by atoms with Crippen molar-refractivity contribution < 1.29 is 4.79 Å². The molecule has 7 nitrogen and oxygen atoms in total. The van der Waals surface area contributed by atoms with Gasteiger partial charge in [0.1, 0.15) is 0 Å². The van der Waals surface area contributed by atoms with Gasteiger partial charge in [0.2, 0.25) is 11.1 Å². The van der Waals surface area contributed by atoms with Gasteiger partial charge in [-0.2, -0.15) is 0 Å². The zero-order chi connectivity index (χ0) is 17.6. The fourth-order valence-corrected chi connectivity index (χ4v) is 3.00. The van der Waals surface area contributed by atoms with Crippen LogP contribution in [-0.2, 0) is 11.2 Å². The van der Waals surface area contributed by atoms with Gasteiger partial charge in [0.15, 0.2) is 5.82 Å². The lowest BCUT2D eigenvalue weighted by molar-refractivity contribution is -0.113. The maximum atomic E-state index is 12.2. The molecule has 0 aliphatic rings. The average Bonchev–Trinajstić information content (AvgIpc) is 3.02. The zero-order valence-electron chi connectivity index (χ0n) is 13.7. The molecule has 0 unspecified atom stereocenters. The summed E-state index contributed by atoms with van der Waals surface area (Å²) in [6, 6.07) is 11.4. The molecule has 1 amide bonds. The Morgan fingerprint density at radius 3 is 2.72 bits per heavy atom. The lowest BCUT2D eigenvalue weighted by Crippen LogP contribution is -2.17. The largest absolute Gasteiger partial charge is 0.335 e. The van der Waals surface area contributed by atoms with Crippen molar-refractivity contribution in [2.24, 2.45) is 0 Å². The van der Waals surface area contributed by atoms with Crippen LogP contribution in [0.5, 0.6) is 0 Å². The Bertz CT molecular complexity index is 865.